The van der Waals surface area contributed by atoms with Crippen molar-refractivity contribution in [3.63, 3.8) is 0 Å². The average molecular weight is 437 g/mol. The number of hydrogen-bond acceptors (Lipinski definition) is 4. The van der Waals surface area contributed by atoms with Crippen LogP contribution in [0.25, 0.3) is 11.1 Å². The van der Waals surface area contributed by atoms with Crippen molar-refractivity contribution < 1.29 is 10.2 Å². The van der Waals surface area contributed by atoms with Gasteiger partial charge in [0.1, 0.15) is 6.23 Å². The summed E-state index contributed by atoms with van der Waals surface area (Å²) >= 11 is 6.40. The van der Waals surface area contributed by atoms with Gasteiger partial charge >= 0.3 is 0 Å². The van der Waals surface area contributed by atoms with Crippen LogP contribution in [-0.4, -0.2) is 22.4 Å². The van der Waals surface area contributed by atoms with Gasteiger partial charge in [-0.15, -0.1) is 0 Å². The lowest BCUT2D eigenvalue weighted by Gasteiger charge is -2.28. The SMILES string of the molecule is NC(O)c1ccc(-c2ccccc2Cc2ccccc2Cl)cc1N[C@H]1CC[C@H](O)CC1. The van der Waals surface area contributed by atoms with E-state index >= 15 is 0 Å². The van der Waals surface area contributed by atoms with Gasteiger partial charge in [0.25, 0.3) is 0 Å². The minimum Gasteiger partial charge on any atom is -0.393 e. The zero-order valence-corrected chi connectivity index (χ0v) is 18.2. The van der Waals surface area contributed by atoms with Crippen molar-refractivity contribution in [1.82, 2.24) is 0 Å². The number of nitrogens with one attached hydrogen (secondary N) is 1. The largest absolute Gasteiger partial charge is 0.393 e. The van der Waals surface area contributed by atoms with Gasteiger partial charge in [0.2, 0.25) is 0 Å². The molecule has 0 saturated heterocycles. The molecule has 0 bridgehead atoms. The lowest BCUT2D eigenvalue weighted by molar-refractivity contribution is 0.126. The van der Waals surface area contributed by atoms with Gasteiger partial charge < -0.3 is 21.3 Å². The third-order valence-electron chi connectivity index (χ3n) is 6.10. The van der Waals surface area contributed by atoms with E-state index in [1.54, 1.807) is 0 Å². The molecule has 5 heteroatoms. The summed E-state index contributed by atoms with van der Waals surface area (Å²) in [7, 11) is 0. The summed E-state index contributed by atoms with van der Waals surface area (Å²) in [4.78, 5) is 0. The predicted molar refractivity (Wildman–Crippen MR) is 127 cm³/mol. The van der Waals surface area contributed by atoms with Crippen LogP contribution in [0.3, 0.4) is 0 Å². The highest BCUT2D eigenvalue weighted by atomic mass is 35.5. The van der Waals surface area contributed by atoms with Crippen LogP contribution in [-0.2, 0) is 6.42 Å². The molecular formula is C26H29ClN2O2. The van der Waals surface area contributed by atoms with E-state index in [1.165, 1.54) is 5.56 Å². The standard InChI is InChI=1S/C26H29ClN2O2/c27-24-8-4-2-6-19(24)15-17-5-1-3-7-22(17)18-9-14-23(26(28)31)25(16-18)29-20-10-12-21(30)13-11-20/h1-9,14,16,20-21,26,29-31H,10-13,15,28H2/t20-,21-,26?. The first-order valence-electron chi connectivity index (χ1n) is 10.8. The maximum Gasteiger partial charge on any atom is 0.130 e. The average Bonchev–Trinajstić information content (AvgIpc) is 2.77. The van der Waals surface area contributed by atoms with E-state index < -0.39 is 6.23 Å². The van der Waals surface area contributed by atoms with Crippen LogP contribution >= 0.6 is 11.6 Å². The van der Waals surface area contributed by atoms with E-state index in [1.807, 2.05) is 42.5 Å². The van der Waals surface area contributed by atoms with Crippen LogP contribution < -0.4 is 11.1 Å². The third-order valence-corrected chi connectivity index (χ3v) is 6.46. The minimum atomic E-state index is -1.05. The van der Waals surface area contributed by atoms with Gasteiger partial charge in [0, 0.05) is 22.3 Å². The molecule has 0 aromatic heterocycles. The summed E-state index contributed by atoms with van der Waals surface area (Å²) in [6, 6.07) is 22.5. The Hall–Kier alpha value is -2.37. The molecule has 4 nitrogen and oxygen atoms in total. The molecule has 162 valence electrons. The number of anilines is 1. The van der Waals surface area contributed by atoms with E-state index in [9.17, 15) is 10.2 Å². The van der Waals surface area contributed by atoms with Gasteiger partial charge in [-0.1, -0.05) is 66.2 Å². The van der Waals surface area contributed by atoms with Gasteiger partial charge in [-0.2, -0.15) is 0 Å². The molecule has 5 N–H and O–H groups in total. The van der Waals surface area contributed by atoms with Crippen molar-refractivity contribution in [2.75, 3.05) is 5.32 Å². The maximum atomic E-state index is 10.1. The molecule has 3 aromatic rings. The van der Waals surface area contributed by atoms with Crippen molar-refractivity contribution in [2.45, 2.75) is 50.5 Å². The zero-order chi connectivity index (χ0) is 21.8. The van der Waals surface area contributed by atoms with Gasteiger partial charge in [0.05, 0.1) is 6.10 Å². The Kier molecular flexibility index (Phi) is 6.93. The summed E-state index contributed by atoms with van der Waals surface area (Å²) in [5.74, 6) is 0. The van der Waals surface area contributed by atoms with Crippen LogP contribution in [0.4, 0.5) is 5.69 Å². The number of aliphatic hydroxyl groups is 2. The van der Waals surface area contributed by atoms with E-state index in [4.69, 9.17) is 17.3 Å². The lowest BCUT2D eigenvalue weighted by atomic mass is 9.91. The normalized spacial score (nSPS) is 19.7. The molecular weight excluding hydrogens is 408 g/mol. The zero-order valence-electron chi connectivity index (χ0n) is 17.5. The van der Waals surface area contributed by atoms with Crippen LogP contribution in [0.2, 0.25) is 5.02 Å². The Bertz CT molecular complexity index is 1030. The summed E-state index contributed by atoms with van der Waals surface area (Å²) in [5, 5.41) is 24.2. The Morgan fingerprint density at radius 3 is 2.32 bits per heavy atom. The predicted octanol–water partition coefficient (Wildman–Crippen LogP) is 5.26. The first kappa shape index (κ1) is 21.8. The van der Waals surface area contributed by atoms with Gasteiger partial charge in [0.15, 0.2) is 0 Å². The van der Waals surface area contributed by atoms with Crippen LogP contribution in [0.15, 0.2) is 66.7 Å². The Balaban J connectivity index is 1.66. The molecule has 1 aliphatic rings. The molecule has 1 atom stereocenters. The Labute approximate surface area is 188 Å². The number of hydrogen-bond donors (Lipinski definition) is 4. The van der Waals surface area contributed by atoms with Crippen molar-refractivity contribution in [1.29, 1.82) is 0 Å². The summed E-state index contributed by atoms with van der Waals surface area (Å²) < 4.78 is 0. The van der Waals surface area contributed by atoms with Crippen LogP contribution in [0, 0.1) is 0 Å². The first-order valence-corrected chi connectivity index (χ1v) is 11.2. The molecule has 1 saturated carbocycles. The Morgan fingerprint density at radius 2 is 1.61 bits per heavy atom. The fraction of sp³-hybridized carbons (Fsp3) is 0.308. The number of aliphatic hydroxyl groups excluding tert-OH is 2. The van der Waals surface area contributed by atoms with Crippen molar-refractivity contribution in [3.8, 4) is 11.1 Å². The van der Waals surface area contributed by atoms with E-state index in [2.05, 4.69) is 29.6 Å². The molecule has 1 unspecified atom stereocenters. The smallest absolute Gasteiger partial charge is 0.130 e. The maximum absolute atomic E-state index is 10.1. The molecule has 0 heterocycles. The molecule has 0 aliphatic heterocycles. The number of benzene rings is 3. The second-order valence-electron chi connectivity index (χ2n) is 8.32. The second-order valence-corrected chi connectivity index (χ2v) is 8.73. The van der Waals surface area contributed by atoms with Crippen molar-refractivity contribution in [2.24, 2.45) is 5.73 Å². The molecule has 0 amide bonds. The highest BCUT2D eigenvalue weighted by Gasteiger charge is 2.21. The Morgan fingerprint density at radius 1 is 0.935 bits per heavy atom. The molecule has 3 aromatic carbocycles. The number of halogens is 1. The minimum absolute atomic E-state index is 0.208. The lowest BCUT2D eigenvalue weighted by Crippen LogP contribution is -2.29. The summed E-state index contributed by atoms with van der Waals surface area (Å²) in [6.07, 6.45) is 2.85. The fourth-order valence-electron chi connectivity index (χ4n) is 4.35. The fourth-order valence-corrected chi connectivity index (χ4v) is 4.55. The molecule has 0 radical (unpaired) electrons. The van der Waals surface area contributed by atoms with Gasteiger partial charge in [-0.05, 0) is 66.5 Å². The van der Waals surface area contributed by atoms with Crippen molar-refractivity contribution >= 4 is 17.3 Å². The highest BCUT2D eigenvalue weighted by molar-refractivity contribution is 6.31. The van der Waals surface area contributed by atoms with Crippen LogP contribution in [0.1, 0.15) is 48.6 Å². The molecule has 1 fully saturated rings. The third kappa shape index (κ3) is 5.28. The van der Waals surface area contributed by atoms with E-state index in [0.717, 1.165) is 59.5 Å². The van der Waals surface area contributed by atoms with Crippen molar-refractivity contribution in [3.05, 3.63) is 88.4 Å². The monoisotopic (exact) mass is 436 g/mol. The topological polar surface area (TPSA) is 78.5 Å². The highest BCUT2D eigenvalue weighted by Crippen LogP contribution is 2.33. The number of nitrogens with two attached hydrogens (primary N) is 1. The van der Waals surface area contributed by atoms with E-state index in [0.29, 0.717) is 5.56 Å². The summed E-state index contributed by atoms with van der Waals surface area (Å²) in [5.41, 5.74) is 11.8. The molecule has 4 rings (SSSR count). The van der Waals surface area contributed by atoms with E-state index in [-0.39, 0.29) is 12.1 Å². The quantitative estimate of drug-likeness (QED) is 0.397. The molecule has 0 spiro atoms. The van der Waals surface area contributed by atoms with Crippen LogP contribution in [0.5, 0.6) is 0 Å². The van der Waals surface area contributed by atoms with Gasteiger partial charge in [-0.3, -0.25) is 0 Å². The summed E-state index contributed by atoms with van der Waals surface area (Å²) in [6.45, 7) is 0. The molecule has 31 heavy (non-hydrogen) atoms. The second kappa shape index (κ2) is 9.84. The first-order chi connectivity index (χ1) is 15.0. The molecule has 1 aliphatic carbocycles. The number of rotatable bonds is 6. The van der Waals surface area contributed by atoms with Gasteiger partial charge in [-0.25, -0.2) is 0 Å².